The molecular weight excluding hydrogens is 320 g/mol. The zero-order valence-corrected chi connectivity index (χ0v) is 15.5. The number of hydrogen-bond donors (Lipinski definition) is 1. The summed E-state index contributed by atoms with van der Waals surface area (Å²) >= 11 is 1.39. The van der Waals surface area contributed by atoms with Crippen LogP contribution in [0.4, 0.5) is 5.69 Å². The van der Waals surface area contributed by atoms with Gasteiger partial charge >= 0.3 is 0 Å². The number of amides is 2. The van der Waals surface area contributed by atoms with Gasteiger partial charge in [-0.25, -0.2) is 0 Å². The van der Waals surface area contributed by atoms with E-state index in [4.69, 9.17) is 0 Å². The number of rotatable bonds is 7. The Morgan fingerprint density at radius 1 is 1.21 bits per heavy atom. The molecule has 132 valence electrons. The van der Waals surface area contributed by atoms with Gasteiger partial charge in [0, 0.05) is 18.8 Å². The first-order chi connectivity index (χ1) is 11.6. The van der Waals surface area contributed by atoms with Gasteiger partial charge in [-0.3, -0.25) is 9.59 Å². The van der Waals surface area contributed by atoms with Crippen LogP contribution < -0.4 is 5.32 Å². The number of nitrogens with zero attached hydrogens (tertiary/aromatic N) is 1. The summed E-state index contributed by atoms with van der Waals surface area (Å²) in [5.74, 6) is 0.754. The molecule has 4 nitrogen and oxygen atoms in total. The molecule has 24 heavy (non-hydrogen) atoms. The van der Waals surface area contributed by atoms with Gasteiger partial charge in [0.1, 0.15) is 0 Å². The number of aryl methyl sites for hydroxylation is 1. The largest absolute Gasteiger partial charge is 0.342 e. The van der Waals surface area contributed by atoms with E-state index in [1.165, 1.54) is 36.6 Å². The van der Waals surface area contributed by atoms with E-state index < -0.39 is 0 Å². The summed E-state index contributed by atoms with van der Waals surface area (Å²) in [6, 6.07) is 8.26. The molecule has 2 rings (SSSR count). The highest BCUT2D eigenvalue weighted by atomic mass is 32.2. The molecule has 1 fully saturated rings. The van der Waals surface area contributed by atoms with Gasteiger partial charge in [-0.2, -0.15) is 0 Å². The molecular formula is C19H28N2O2S. The Balaban J connectivity index is 1.70. The quantitative estimate of drug-likeness (QED) is 0.817. The third-order valence-electron chi connectivity index (χ3n) is 4.59. The standard InChI is InChI=1S/C19H28N2O2S/c1-3-15-8-7-9-16(12-15)20-18(22)13-24-14-19(23)21(2)17-10-5-4-6-11-17/h7-9,12,17H,3-6,10-11,13-14H2,1-2H3,(H,20,22). The zero-order valence-electron chi connectivity index (χ0n) is 14.7. The Bertz CT molecular complexity index is 556. The SMILES string of the molecule is CCc1cccc(NC(=O)CSCC(=O)N(C)C2CCCCC2)c1. The van der Waals surface area contributed by atoms with Crippen molar-refractivity contribution in [1.29, 1.82) is 0 Å². The molecule has 5 heteroatoms. The minimum Gasteiger partial charge on any atom is -0.342 e. The highest BCUT2D eigenvalue weighted by molar-refractivity contribution is 8.00. The molecule has 1 aliphatic rings. The van der Waals surface area contributed by atoms with E-state index in [0.29, 0.717) is 17.5 Å². The molecule has 1 saturated carbocycles. The van der Waals surface area contributed by atoms with Crippen molar-refractivity contribution in [3.8, 4) is 0 Å². The molecule has 0 saturated heterocycles. The smallest absolute Gasteiger partial charge is 0.234 e. The second kappa shape index (κ2) is 9.72. The summed E-state index contributed by atoms with van der Waals surface area (Å²) in [6.07, 6.45) is 6.89. The average molecular weight is 349 g/mol. The van der Waals surface area contributed by atoms with Crippen LogP contribution in [0.1, 0.15) is 44.6 Å². The van der Waals surface area contributed by atoms with Gasteiger partial charge in [0.25, 0.3) is 0 Å². The molecule has 0 spiro atoms. The van der Waals surface area contributed by atoms with Crippen LogP contribution in [0.25, 0.3) is 0 Å². The molecule has 0 aromatic heterocycles. The summed E-state index contributed by atoms with van der Waals surface area (Å²) in [5.41, 5.74) is 2.02. The lowest BCUT2D eigenvalue weighted by atomic mass is 9.94. The van der Waals surface area contributed by atoms with Crippen LogP contribution in [0.15, 0.2) is 24.3 Å². The number of benzene rings is 1. The number of anilines is 1. The second-order valence-corrected chi connectivity index (χ2v) is 7.38. The summed E-state index contributed by atoms with van der Waals surface area (Å²) in [7, 11) is 1.90. The van der Waals surface area contributed by atoms with Gasteiger partial charge in [-0.1, -0.05) is 38.3 Å². The van der Waals surface area contributed by atoms with E-state index in [1.54, 1.807) is 0 Å². The van der Waals surface area contributed by atoms with Crippen LogP contribution in [0, 0.1) is 0 Å². The van der Waals surface area contributed by atoms with Crippen LogP contribution in [0.3, 0.4) is 0 Å². The lowest BCUT2D eigenvalue weighted by Crippen LogP contribution is -2.39. The van der Waals surface area contributed by atoms with Gasteiger partial charge in [0.2, 0.25) is 11.8 Å². The molecule has 0 radical (unpaired) electrons. The van der Waals surface area contributed by atoms with E-state index in [2.05, 4.69) is 12.2 Å². The maximum Gasteiger partial charge on any atom is 0.234 e. The van der Waals surface area contributed by atoms with Gasteiger partial charge < -0.3 is 10.2 Å². The van der Waals surface area contributed by atoms with Gasteiger partial charge in [-0.15, -0.1) is 11.8 Å². The first-order valence-corrected chi connectivity index (χ1v) is 9.97. The summed E-state index contributed by atoms with van der Waals surface area (Å²) in [5, 5.41) is 2.90. The van der Waals surface area contributed by atoms with Crippen LogP contribution in [0.5, 0.6) is 0 Å². The molecule has 0 aliphatic heterocycles. The Morgan fingerprint density at radius 3 is 2.67 bits per heavy atom. The van der Waals surface area contributed by atoms with E-state index in [9.17, 15) is 9.59 Å². The van der Waals surface area contributed by atoms with Crippen molar-refractivity contribution in [3.63, 3.8) is 0 Å². The minimum absolute atomic E-state index is 0.0543. The number of carbonyl (C=O) groups excluding carboxylic acids is 2. The normalized spacial score (nSPS) is 15.1. The third kappa shape index (κ3) is 5.86. The highest BCUT2D eigenvalue weighted by Crippen LogP contribution is 2.22. The van der Waals surface area contributed by atoms with Crippen LogP contribution in [0.2, 0.25) is 0 Å². The van der Waals surface area contributed by atoms with Gasteiger partial charge in [0.05, 0.1) is 11.5 Å². The van der Waals surface area contributed by atoms with E-state index >= 15 is 0 Å². The van der Waals surface area contributed by atoms with Gasteiger partial charge in [-0.05, 0) is 37.0 Å². The number of hydrogen-bond acceptors (Lipinski definition) is 3. The number of carbonyl (C=O) groups is 2. The van der Waals surface area contributed by atoms with E-state index in [-0.39, 0.29) is 11.8 Å². The fraction of sp³-hybridized carbons (Fsp3) is 0.579. The van der Waals surface area contributed by atoms with Crippen molar-refractivity contribution in [3.05, 3.63) is 29.8 Å². The minimum atomic E-state index is -0.0543. The Labute approximate surface area is 149 Å². The fourth-order valence-corrected chi connectivity index (χ4v) is 3.81. The van der Waals surface area contributed by atoms with Crippen molar-refractivity contribution in [2.75, 3.05) is 23.9 Å². The molecule has 2 amide bonds. The van der Waals surface area contributed by atoms with Gasteiger partial charge in [0.15, 0.2) is 0 Å². The van der Waals surface area contributed by atoms with Crippen molar-refractivity contribution in [2.45, 2.75) is 51.5 Å². The van der Waals surface area contributed by atoms with E-state index in [1.807, 2.05) is 36.2 Å². The highest BCUT2D eigenvalue weighted by Gasteiger charge is 2.21. The molecule has 0 atom stereocenters. The maximum absolute atomic E-state index is 12.2. The molecule has 1 aromatic rings. The molecule has 0 heterocycles. The van der Waals surface area contributed by atoms with Crippen LogP contribution in [-0.2, 0) is 16.0 Å². The second-order valence-electron chi connectivity index (χ2n) is 6.39. The van der Waals surface area contributed by atoms with Crippen molar-refractivity contribution in [1.82, 2.24) is 4.90 Å². The molecule has 1 aromatic carbocycles. The Morgan fingerprint density at radius 2 is 1.96 bits per heavy atom. The number of thioether (sulfide) groups is 1. The van der Waals surface area contributed by atoms with E-state index in [0.717, 1.165) is 24.9 Å². The zero-order chi connectivity index (χ0) is 17.4. The maximum atomic E-state index is 12.2. The Hall–Kier alpha value is -1.49. The molecule has 0 unspecified atom stereocenters. The predicted octanol–water partition coefficient (Wildman–Crippen LogP) is 3.71. The lowest BCUT2D eigenvalue weighted by Gasteiger charge is -2.31. The summed E-state index contributed by atoms with van der Waals surface area (Å²) in [4.78, 5) is 26.1. The summed E-state index contributed by atoms with van der Waals surface area (Å²) in [6.45, 7) is 2.09. The molecule has 1 N–H and O–H groups in total. The monoisotopic (exact) mass is 348 g/mol. The van der Waals surface area contributed by atoms with Crippen molar-refractivity contribution < 1.29 is 9.59 Å². The first-order valence-electron chi connectivity index (χ1n) is 8.82. The molecule has 1 aliphatic carbocycles. The molecule has 0 bridgehead atoms. The first kappa shape index (κ1) is 18.8. The third-order valence-corrected chi connectivity index (χ3v) is 5.51. The van der Waals surface area contributed by atoms with Crippen LogP contribution >= 0.6 is 11.8 Å². The predicted molar refractivity (Wildman–Crippen MR) is 101 cm³/mol. The van der Waals surface area contributed by atoms with Crippen molar-refractivity contribution in [2.24, 2.45) is 0 Å². The topological polar surface area (TPSA) is 49.4 Å². The average Bonchev–Trinajstić information content (AvgIpc) is 2.61. The lowest BCUT2D eigenvalue weighted by molar-refractivity contribution is -0.129. The Kier molecular flexibility index (Phi) is 7.63. The summed E-state index contributed by atoms with van der Waals surface area (Å²) < 4.78 is 0. The number of nitrogens with one attached hydrogen (secondary N) is 1. The van der Waals surface area contributed by atoms with Crippen molar-refractivity contribution >= 4 is 29.3 Å². The van der Waals surface area contributed by atoms with Crippen LogP contribution in [-0.4, -0.2) is 41.3 Å². The fourth-order valence-electron chi connectivity index (χ4n) is 3.07.